The lowest BCUT2D eigenvalue weighted by Crippen LogP contribution is -2.41. The summed E-state index contributed by atoms with van der Waals surface area (Å²) >= 11 is 9.87. The maximum Gasteiger partial charge on any atom is 0.416 e. The van der Waals surface area contributed by atoms with Crippen LogP contribution in [0.2, 0.25) is 5.02 Å². The third-order valence-corrected chi connectivity index (χ3v) is 9.18. The van der Waals surface area contributed by atoms with Gasteiger partial charge in [-0.1, -0.05) is 35.9 Å². The van der Waals surface area contributed by atoms with Gasteiger partial charge in [-0.25, -0.2) is 13.4 Å². The summed E-state index contributed by atoms with van der Waals surface area (Å²) in [7, 11) is -4.08. The summed E-state index contributed by atoms with van der Waals surface area (Å²) in [4.78, 5) is 4.33. The number of halogens is 5. The van der Waals surface area contributed by atoms with Crippen molar-refractivity contribution >= 4 is 49.0 Å². The molecule has 1 N–H and O–H groups in total. The molecule has 7 nitrogen and oxygen atoms in total. The van der Waals surface area contributed by atoms with Crippen molar-refractivity contribution in [3.8, 4) is 11.3 Å². The molecule has 1 atom stereocenters. The highest BCUT2D eigenvalue weighted by Crippen LogP contribution is 2.33. The van der Waals surface area contributed by atoms with Crippen molar-refractivity contribution < 1.29 is 21.6 Å². The zero-order valence-corrected chi connectivity index (χ0v) is 22.9. The van der Waals surface area contributed by atoms with E-state index in [1.165, 1.54) is 10.4 Å². The van der Waals surface area contributed by atoms with Crippen molar-refractivity contribution in [2.45, 2.75) is 23.9 Å². The van der Waals surface area contributed by atoms with Gasteiger partial charge in [-0.15, -0.1) is 0 Å². The number of hydrogen-bond donors (Lipinski definition) is 1. The third kappa shape index (κ3) is 5.40. The Morgan fingerprint density at radius 3 is 2.68 bits per heavy atom. The van der Waals surface area contributed by atoms with Crippen LogP contribution in [0.5, 0.6) is 0 Å². The van der Waals surface area contributed by atoms with Gasteiger partial charge in [0.15, 0.2) is 5.65 Å². The van der Waals surface area contributed by atoms with Crippen LogP contribution in [0, 0.1) is 5.92 Å². The van der Waals surface area contributed by atoms with Crippen LogP contribution in [0.4, 0.5) is 19.0 Å². The number of hydrogen-bond acceptors (Lipinski definition) is 5. The maximum atomic E-state index is 13.2. The molecule has 0 radical (unpaired) electrons. The van der Waals surface area contributed by atoms with E-state index in [2.05, 4.69) is 31.3 Å². The summed E-state index contributed by atoms with van der Waals surface area (Å²) in [6.45, 7) is 0.852. The zero-order chi connectivity index (χ0) is 27.1. The second-order valence-electron chi connectivity index (χ2n) is 9.01. The van der Waals surface area contributed by atoms with E-state index in [4.69, 9.17) is 11.6 Å². The smallest absolute Gasteiger partial charge is 0.370 e. The maximum absolute atomic E-state index is 13.2. The molecule has 3 heterocycles. The lowest BCUT2D eigenvalue weighted by Gasteiger charge is -2.32. The Bertz CT molecular complexity index is 1600. The lowest BCUT2D eigenvalue weighted by molar-refractivity contribution is -0.137. The summed E-state index contributed by atoms with van der Waals surface area (Å²) in [5.41, 5.74) is 0.991. The Morgan fingerprint density at radius 2 is 1.92 bits per heavy atom. The number of rotatable bonds is 6. The highest BCUT2D eigenvalue weighted by Gasteiger charge is 2.34. The Morgan fingerprint density at radius 1 is 1.13 bits per heavy atom. The minimum atomic E-state index is -4.62. The third-order valence-electron chi connectivity index (χ3n) is 6.43. The van der Waals surface area contributed by atoms with Gasteiger partial charge in [-0.05, 0) is 59.0 Å². The lowest BCUT2D eigenvalue weighted by atomic mass is 10.00. The van der Waals surface area contributed by atoms with Gasteiger partial charge in [0.1, 0.15) is 5.82 Å². The number of aromatic nitrogens is 3. The molecule has 1 fully saturated rings. The largest absolute Gasteiger partial charge is 0.416 e. The Hall–Kier alpha value is -2.67. The van der Waals surface area contributed by atoms with Crippen LogP contribution in [-0.4, -0.2) is 47.0 Å². The number of sulfonamides is 1. The van der Waals surface area contributed by atoms with Crippen LogP contribution in [0.1, 0.15) is 18.4 Å². The van der Waals surface area contributed by atoms with Gasteiger partial charge >= 0.3 is 6.18 Å². The highest BCUT2D eigenvalue weighted by atomic mass is 79.9. The molecule has 4 aromatic rings. The SMILES string of the molecule is O=S(=O)(c1cccc(C(F)(F)F)c1)N1CCCC(CNc2cc(-c3ccccc3Cl)nc3c(Br)cnn23)C1. The van der Waals surface area contributed by atoms with E-state index in [9.17, 15) is 21.6 Å². The van der Waals surface area contributed by atoms with E-state index in [0.717, 1.165) is 24.1 Å². The van der Waals surface area contributed by atoms with E-state index in [1.807, 2.05) is 24.3 Å². The quantitative estimate of drug-likeness (QED) is 0.270. The molecule has 1 aliphatic rings. The second kappa shape index (κ2) is 10.5. The standard InChI is InChI=1S/C25H22BrClF3N5O2S/c26-20-14-32-35-23(12-22(33-24(20)35)19-8-1-2-9-21(19)27)31-13-16-5-4-10-34(15-16)38(36,37)18-7-3-6-17(11-18)25(28,29)30/h1-3,6-9,11-12,14,16,31H,4-5,10,13,15H2. The molecule has 13 heteroatoms. The minimum absolute atomic E-state index is 0.0738. The van der Waals surface area contributed by atoms with E-state index in [1.54, 1.807) is 16.8 Å². The number of fused-ring (bicyclic) bond motifs is 1. The fourth-order valence-electron chi connectivity index (χ4n) is 4.51. The number of nitrogens with zero attached hydrogens (tertiary/aromatic N) is 4. The first-order valence-electron chi connectivity index (χ1n) is 11.7. The van der Waals surface area contributed by atoms with Crippen LogP contribution in [0.25, 0.3) is 16.9 Å². The number of nitrogens with one attached hydrogen (secondary N) is 1. The summed E-state index contributed by atoms with van der Waals surface area (Å²) in [6.07, 6.45) is -1.64. The van der Waals surface area contributed by atoms with Gasteiger partial charge in [0.2, 0.25) is 10.0 Å². The van der Waals surface area contributed by atoms with Gasteiger partial charge in [0.05, 0.1) is 26.8 Å². The molecule has 2 aromatic heterocycles. The van der Waals surface area contributed by atoms with Crippen molar-refractivity contribution in [2.75, 3.05) is 25.0 Å². The topological polar surface area (TPSA) is 79.6 Å². The number of alkyl halides is 3. The normalized spacial score (nSPS) is 17.1. The van der Waals surface area contributed by atoms with Crippen LogP contribution < -0.4 is 5.32 Å². The summed E-state index contributed by atoms with van der Waals surface area (Å²) in [6, 6.07) is 13.0. The minimum Gasteiger partial charge on any atom is -0.370 e. The van der Waals surface area contributed by atoms with E-state index in [0.29, 0.717) is 45.7 Å². The van der Waals surface area contributed by atoms with E-state index < -0.39 is 21.8 Å². The molecule has 0 spiro atoms. The van der Waals surface area contributed by atoms with Crippen molar-refractivity contribution in [1.29, 1.82) is 0 Å². The molecular weight excluding hydrogens is 607 g/mol. The van der Waals surface area contributed by atoms with Crippen LogP contribution in [0.15, 0.2) is 70.2 Å². The van der Waals surface area contributed by atoms with Crippen LogP contribution in [-0.2, 0) is 16.2 Å². The van der Waals surface area contributed by atoms with Gasteiger partial charge in [-0.2, -0.15) is 27.1 Å². The molecule has 38 heavy (non-hydrogen) atoms. The monoisotopic (exact) mass is 627 g/mol. The molecule has 1 saturated heterocycles. The summed E-state index contributed by atoms with van der Waals surface area (Å²) in [5, 5.41) is 8.29. The Kier molecular flexibility index (Phi) is 7.42. The predicted octanol–water partition coefficient (Wildman–Crippen LogP) is 6.34. The molecule has 0 amide bonds. The Balaban J connectivity index is 1.37. The van der Waals surface area contributed by atoms with Crippen molar-refractivity contribution in [1.82, 2.24) is 18.9 Å². The highest BCUT2D eigenvalue weighted by molar-refractivity contribution is 9.10. The van der Waals surface area contributed by atoms with Crippen LogP contribution >= 0.6 is 27.5 Å². The van der Waals surface area contributed by atoms with Gasteiger partial charge in [0, 0.05) is 36.3 Å². The number of benzene rings is 2. The first kappa shape index (κ1) is 26.9. The summed E-state index contributed by atoms with van der Waals surface area (Å²) in [5.74, 6) is 0.573. The molecule has 0 bridgehead atoms. The molecule has 2 aromatic carbocycles. The molecular formula is C25H22BrClF3N5O2S. The molecule has 5 rings (SSSR count). The first-order chi connectivity index (χ1) is 18.0. The fraction of sp³-hybridized carbons (Fsp3) is 0.280. The van der Waals surface area contributed by atoms with E-state index >= 15 is 0 Å². The van der Waals surface area contributed by atoms with Gasteiger partial charge < -0.3 is 5.32 Å². The van der Waals surface area contributed by atoms with Crippen molar-refractivity contribution in [3.63, 3.8) is 0 Å². The first-order valence-corrected chi connectivity index (χ1v) is 14.4. The second-order valence-corrected chi connectivity index (χ2v) is 12.2. The Labute approximate surface area is 230 Å². The van der Waals surface area contributed by atoms with Gasteiger partial charge in [-0.3, -0.25) is 0 Å². The molecule has 1 unspecified atom stereocenters. The summed E-state index contributed by atoms with van der Waals surface area (Å²) < 4.78 is 69.5. The average Bonchev–Trinajstić information content (AvgIpc) is 3.28. The number of piperidine rings is 1. The van der Waals surface area contributed by atoms with E-state index in [-0.39, 0.29) is 23.9 Å². The average molecular weight is 629 g/mol. The molecule has 1 aliphatic heterocycles. The molecule has 200 valence electrons. The van der Waals surface area contributed by atoms with Crippen molar-refractivity contribution in [2.24, 2.45) is 5.92 Å². The molecule has 0 saturated carbocycles. The van der Waals surface area contributed by atoms with Crippen molar-refractivity contribution in [3.05, 3.63) is 75.9 Å². The van der Waals surface area contributed by atoms with Crippen LogP contribution in [0.3, 0.4) is 0 Å². The fourth-order valence-corrected chi connectivity index (χ4v) is 6.69. The molecule has 0 aliphatic carbocycles. The zero-order valence-electron chi connectivity index (χ0n) is 19.8. The predicted molar refractivity (Wildman–Crippen MR) is 143 cm³/mol. The number of anilines is 1. The van der Waals surface area contributed by atoms with Gasteiger partial charge in [0.25, 0.3) is 0 Å².